The van der Waals surface area contributed by atoms with Crippen LogP contribution in [-0.2, 0) is 22.5 Å². The van der Waals surface area contributed by atoms with Crippen molar-refractivity contribution in [1.29, 1.82) is 0 Å². The maximum atomic E-state index is 12.8. The second-order valence-electron chi connectivity index (χ2n) is 7.27. The Morgan fingerprint density at radius 1 is 1.12 bits per heavy atom. The molecule has 0 aliphatic carbocycles. The summed E-state index contributed by atoms with van der Waals surface area (Å²) in [6.07, 6.45) is 1.76. The number of amides is 1. The zero-order chi connectivity index (χ0) is 21.9. The number of hydrogen-bond acceptors (Lipinski definition) is 4. The van der Waals surface area contributed by atoms with Crippen molar-refractivity contribution in [1.82, 2.24) is 10.6 Å². The van der Waals surface area contributed by atoms with E-state index >= 15 is 0 Å². The molecule has 7 nitrogen and oxygen atoms in total. The molecule has 0 spiro atoms. The van der Waals surface area contributed by atoms with Crippen molar-refractivity contribution in [3.8, 4) is 5.75 Å². The molecule has 32 heavy (non-hydrogen) atoms. The van der Waals surface area contributed by atoms with E-state index in [1.807, 2.05) is 54.3 Å². The van der Waals surface area contributed by atoms with Crippen molar-refractivity contribution in [3.63, 3.8) is 0 Å². The van der Waals surface area contributed by atoms with E-state index in [4.69, 9.17) is 9.47 Å². The predicted octanol–water partition coefficient (Wildman–Crippen LogP) is 3.36. The number of ether oxygens (including phenoxy) is 2. The number of methoxy groups -OCH3 is 1. The summed E-state index contributed by atoms with van der Waals surface area (Å²) in [7, 11) is 1.65. The maximum Gasteiger partial charge on any atom is 0.246 e. The van der Waals surface area contributed by atoms with Crippen LogP contribution in [0.5, 0.6) is 5.75 Å². The Morgan fingerprint density at radius 3 is 2.66 bits per heavy atom. The molecule has 0 fully saturated rings. The van der Waals surface area contributed by atoms with Gasteiger partial charge in [0.15, 0.2) is 5.96 Å². The number of rotatable bonds is 10. The van der Waals surface area contributed by atoms with E-state index in [1.165, 1.54) is 5.56 Å². The van der Waals surface area contributed by atoms with Gasteiger partial charge in [0.25, 0.3) is 0 Å². The first-order chi connectivity index (χ1) is 15.2. The van der Waals surface area contributed by atoms with E-state index in [-0.39, 0.29) is 36.4 Å². The van der Waals surface area contributed by atoms with E-state index in [2.05, 4.69) is 21.7 Å². The van der Waals surface area contributed by atoms with Crippen molar-refractivity contribution in [2.75, 3.05) is 44.9 Å². The van der Waals surface area contributed by atoms with Gasteiger partial charge in [-0.1, -0.05) is 30.3 Å². The molecule has 0 saturated carbocycles. The Labute approximate surface area is 207 Å². The molecular weight excluding hydrogens is 519 g/mol. The Morgan fingerprint density at radius 2 is 1.91 bits per heavy atom. The molecule has 3 rings (SSSR count). The van der Waals surface area contributed by atoms with E-state index < -0.39 is 0 Å². The van der Waals surface area contributed by atoms with Crippen LogP contribution in [0.15, 0.2) is 53.5 Å². The topological polar surface area (TPSA) is 75.2 Å². The molecule has 1 amide bonds. The molecule has 0 bridgehead atoms. The highest BCUT2D eigenvalue weighted by atomic mass is 127. The zero-order valence-electron chi connectivity index (χ0n) is 18.8. The average molecular weight is 552 g/mol. The zero-order valence-corrected chi connectivity index (χ0v) is 21.1. The molecule has 2 N–H and O–H groups in total. The molecule has 174 valence electrons. The number of aliphatic imine (C=N–C) groups is 1. The van der Waals surface area contributed by atoms with Crippen molar-refractivity contribution in [2.45, 2.75) is 26.3 Å². The van der Waals surface area contributed by atoms with Crippen LogP contribution in [0.3, 0.4) is 0 Å². The highest BCUT2D eigenvalue weighted by molar-refractivity contribution is 14.0. The minimum Gasteiger partial charge on any atom is -0.497 e. The van der Waals surface area contributed by atoms with Crippen molar-refractivity contribution in [2.24, 2.45) is 4.99 Å². The fraction of sp³-hybridized carbons (Fsp3) is 0.417. The van der Waals surface area contributed by atoms with Crippen LogP contribution < -0.4 is 20.3 Å². The standard InChI is InChI=1S/C24H32N4O3.HI/c1-3-31-16-6-14-25-24(26-17-19-9-11-21(30-2)12-10-19)27-18-23(29)28-15-13-20-7-4-5-8-22(20)28;/h4-5,7-12H,3,6,13-18H2,1-2H3,(H2,25,26,27);1H. The van der Waals surface area contributed by atoms with Crippen LogP contribution in [0.2, 0.25) is 0 Å². The lowest BCUT2D eigenvalue weighted by Gasteiger charge is -2.19. The lowest BCUT2D eigenvalue weighted by atomic mass is 10.2. The first-order valence-corrected chi connectivity index (χ1v) is 10.8. The van der Waals surface area contributed by atoms with E-state index in [9.17, 15) is 4.79 Å². The second kappa shape index (κ2) is 13.9. The van der Waals surface area contributed by atoms with Crippen LogP contribution in [0, 0.1) is 0 Å². The third-order valence-electron chi connectivity index (χ3n) is 5.14. The summed E-state index contributed by atoms with van der Waals surface area (Å²) < 4.78 is 10.6. The van der Waals surface area contributed by atoms with Crippen LogP contribution in [0.1, 0.15) is 24.5 Å². The third kappa shape index (κ3) is 7.67. The number of nitrogens with one attached hydrogen (secondary N) is 2. The molecular formula is C24H33IN4O3. The van der Waals surface area contributed by atoms with Gasteiger partial charge in [-0.15, -0.1) is 24.0 Å². The van der Waals surface area contributed by atoms with Gasteiger partial charge in [0.2, 0.25) is 5.91 Å². The Balaban J connectivity index is 0.00000363. The fourth-order valence-corrected chi connectivity index (χ4v) is 3.45. The summed E-state index contributed by atoms with van der Waals surface area (Å²) in [5.74, 6) is 1.47. The van der Waals surface area contributed by atoms with Crippen LogP contribution in [0.25, 0.3) is 0 Å². The smallest absolute Gasteiger partial charge is 0.246 e. The van der Waals surface area contributed by atoms with Gasteiger partial charge in [-0.25, -0.2) is 4.99 Å². The van der Waals surface area contributed by atoms with Gasteiger partial charge < -0.3 is 25.0 Å². The molecule has 1 aliphatic heterocycles. The SMILES string of the molecule is CCOCCCNC(=NCc1ccc(OC)cc1)NCC(=O)N1CCc2ccccc21.I. The third-order valence-corrected chi connectivity index (χ3v) is 5.14. The Bertz CT molecular complexity index is 874. The first-order valence-electron chi connectivity index (χ1n) is 10.8. The summed E-state index contributed by atoms with van der Waals surface area (Å²) >= 11 is 0. The number of hydrogen-bond donors (Lipinski definition) is 2. The normalized spacial score (nSPS) is 12.7. The summed E-state index contributed by atoms with van der Waals surface area (Å²) in [6.45, 7) is 5.52. The van der Waals surface area contributed by atoms with Gasteiger partial charge >= 0.3 is 0 Å². The Hall–Kier alpha value is -2.33. The number of para-hydroxylation sites is 1. The lowest BCUT2D eigenvalue weighted by molar-refractivity contribution is -0.117. The maximum absolute atomic E-state index is 12.8. The van der Waals surface area contributed by atoms with E-state index in [0.29, 0.717) is 25.7 Å². The molecule has 0 aromatic heterocycles. The van der Waals surface area contributed by atoms with Crippen LogP contribution in [0.4, 0.5) is 5.69 Å². The molecule has 0 unspecified atom stereocenters. The quantitative estimate of drug-likeness (QED) is 0.205. The number of halogens is 1. The highest BCUT2D eigenvalue weighted by Gasteiger charge is 2.23. The number of carbonyl (C=O) groups excluding carboxylic acids is 1. The Kier molecular flexibility index (Phi) is 11.3. The second-order valence-corrected chi connectivity index (χ2v) is 7.27. The number of anilines is 1. The molecule has 0 radical (unpaired) electrons. The summed E-state index contributed by atoms with van der Waals surface area (Å²) in [5.41, 5.74) is 3.30. The van der Waals surface area contributed by atoms with Gasteiger partial charge in [0.1, 0.15) is 5.75 Å². The van der Waals surface area contributed by atoms with E-state index in [0.717, 1.165) is 42.9 Å². The van der Waals surface area contributed by atoms with Crippen molar-refractivity contribution in [3.05, 3.63) is 59.7 Å². The molecule has 8 heteroatoms. The minimum absolute atomic E-state index is 0. The molecule has 1 heterocycles. The van der Waals surface area contributed by atoms with Crippen LogP contribution in [-0.4, -0.2) is 51.8 Å². The minimum atomic E-state index is 0. The molecule has 2 aromatic carbocycles. The molecule has 2 aromatic rings. The predicted molar refractivity (Wildman–Crippen MR) is 139 cm³/mol. The number of benzene rings is 2. The molecule has 0 atom stereocenters. The highest BCUT2D eigenvalue weighted by Crippen LogP contribution is 2.27. The summed E-state index contributed by atoms with van der Waals surface area (Å²) in [6, 6.07) is 15.9. The number of carbonyl (C=O) groups is 1. The van der Waals surface area contributed by atoms with Crippen molar-refractivity contribution < 1.29 is 14.3 Å². The monoisotopic (exact) mass is 552 g/mol. The average Bonchev–Trinajstić information content (AvgIpc) is 3.24. The summed E-state index contributed by atoms with van der Waals surface area (Å²) in [4.78, 5) is 19.3. The fourth-order valence-electron chi connectivity index (χ4n) is 3.45. The van der Waals surface area contributed by atoms with Crippen molar-refractivity contribution >= 4 is 41.5 Å². The number of fused-ring (bicyclic) bond motifs is 1. The van der Waals surface area contributed by atoms with E-state index in [1.54, 1.807) is 7.11 Å². The summed E-state index contributed by atoms with van der Waals surface area (Å²) in [5, 5.41) is 6.49. The van der Waals surface area contributed by atoms with Gasteiger partial charge in [-0.05, 0) is 49.1 Å². The largest absolute Gasteiger partial charge is 0.497 e. The lowest BCUT2D eigenvalue weighted by Crippen LogP contribution is -2.44. The van der Waals surface area contributed by atoms with Gasteiger partial charge in [-0.3, -0.25) is 4.79 Å². The molecule has 0 saturated heterocycles. The number of nitrogens with zero attached hydrogens (tertiary/aromatic N) is 2. The molecule has 1 aliphatic rings. The first kappa shape index (κ1) is 25.9. The van der Waals surface area contributed by atoms with Gasteiger partial charge in [0.05, 0.1) is 20.2 Å². The van der Waals surface area contributed by atoms with Gasteiger partial charge in [0, 0.05) is 32.0 Å². The van der Waals surface area contributed by atoms with Gasteiger partial charge in [-0.2, -0.15) is 0 Å². The number of guanidine groups is 1. The van der Waals surface area contributed by atoms with Crippen LogP contribution >= 0.6 is 24.0 Å².